The second-order valence-electron chi connectivity index (χ2n) is 7.43. The van der Waals surface area contributed by atoms with Gasteiger partial charge in [-0.25, -0.2) is 0 Å². The lowest BCUT2D eigenvalue weighted by Crippen LogP contribution is -2.42. The molecule has 3 N–H and O–H groups in total. The van der Waals surface area contributed by atoms with Crippen molar-refractivity contribution in [3.8, 4) is 0 Å². The topological polar surface area (TPSA) is 69.8 Å². The van der Waals surface area contributed by atoms with Crippen molar-refractivity contribution in [1.82, 2.24) is 9.80 Å². The van der Waals surface area contributed by atoms with Gasteiger partial charge in [0.25, 0.3) is 0 Å². The molecule has 22 heavy (non-hydrogen) atoms. The molecule has 1 aliphatic carbocycles. The van der Waals surface area contributed by atoms with Gasteiger partial charge in [0.15, 0.2) is 0 Å². The molecule has 1 heterocycles. The second kappa shape index (κ2) is 8.27. The van der Waals surface area contributed by atoms with E-state index in [2.05, 4.69) is 4.90 Å². The number of nitrogens with two attached hydrogens (primary N) is 1. The summed E-state index contributed by atoms with van der Waals surface area (Å²) >= 11 is 0. The van der Waals surface area contributed by atoms with E-state index < -0.39 is 0 Å². The van der Waals surface area contributed by atoms with E-state index in [1.54, 1.807) is 0 Å². The van der Waals surface area contributed by atoms with Crippen molar-refractivity contribution < 1.29 is 9.90 Å². The summed E-state index contributed by atoms with van der Waals surface area (Å²) in [7, 11) is 1.94. The lowest BCUT2D eigenvalue weighted by atomic mass is 9.95. The van der Waals surface area contributed by atoms with Crippen LogP contribution in [0.1, 0.15) is 45.4 Å². The van der Waals surface area contributed by atoms with Gasteiger partial charge in [-0.05, 0) is 57.5 Å². The Labute approximate surface area is 134 Å². The molecule has 1 amide bonds. The average Bonchev–Trinajstić information content (AvgIpc) is 2.86. The Morgan fingerprint density at radius 2 is 2.00 bits per heavy atom. The maximum absolute atomic E-state index is 12.4. The van der Waals surface area contributed by atoms with Crippen LogP contribution in [-0.2, 0) is 4.79 Å². The van der Waals surface area contributed by atoms with Crippen molar-refractivity contribution in [3.05, 3.63) is 0 Å². The highest BCUT2D eigenvalue weighted by atomic mass is 16.3. The highest BCUT2D eigenvalue weighted by Gasteiger charge is 2.28. The van der Waals surface area contributed by atoms with Gasteiger partial charge in [-0.3, -0.25) is 4.79 Å². The van der Waals surface area contributed by atoms with E-state index in [4.69, 9.17) is 5.73 Å². The molecule has 0 aromatic rings. The van der Waals surface area contributed by atoms with Crippen molar-refractivity contribution in [3.63, 3.8) is 0 Å². The summed E-state index contributed by atoms with van der Waals surface area (Å²) in [5.74, 6) is 1.24. The van der Waals surface area contributed by atoms with Crippen LogP contribution in [0.4, 0.5) is 0 Å². The van der Waals surface area contributed by atoms with Gasteiger partial charge in [0.2, 0.25) is 5.91 Å². The van der Waals surface area contributed by atoms with Gasteiger partial charge in [-0.15, -0.1) is 0 Å². The zero-order chi connectivity index (χ0) is 16.1. The normalized spacial score (nSPS) is 28.7. The van der Waals surface area contributed by atoms with Gasteiger partial charge in [-0.1, -0.05) is 6.42 Å². The molecule has 1 aliphatic heterocycles. The molecule has 1 saturated heterocycles. The Kier molecular flexibility index (Phi) is 6.66. The molecule has 2 aliphatic rings. The number of carbonyl (C=O) groups is 1. The van der Waals surface area contributed by atoms with Crippen LogP contribution in [0.2, 0.25) is 0 Å². The molecule has 0 bridgehead atoms. The largest absolute Gasteiger partial charge is 0.392 e. The number of nitrogens with zero attached hydrogens (tertiary/aromatic N) is 2. The quantitative estimate of drug-likeness (QED) is 0.769. The molecule has 5 heteroatoms. The number of hydrogen-bond donors (Lipinski definition) is 2. The molecule has 3 atom stereocenters. The van der Waals surface area contributed by atoms with E-state index in [-0.39, 0.29) is 18.1 Å². The van der Waals surface area contributed by atoms with Crippen LogP contribution >= 0.6 is 0 Å². The first-order valence-corrected chi connectivity index (χ1v) is 8.85. The molecule has 2 fully saturated rings. The third-order valence-corrected chi connectivity index (χ3v) is 5.34. The van der Waals surface area contributed by atoms with Gasteiger partial charge in [-0.2, -0.15) is 0 Å². The fourth-order valence-electron chi connectivity index (χ4n) is 3.91. The lowest BCUT2D eigenvalue weighted by Gasteiger charge is -2.34. The van der Waals surface area contributed by atoms with Crippen molar-refractivity contribution >= 4 is 5.91 Å². The lowest BCUT2D eigenvalue weighted by molar-refractivity contribution is -0.131. The highest BCUT2D eigenvalue weighted by molar-refractivity contribution is 5.76. The minimum absolute atomic E-state index is 0.223. The standard InChI is InChI=1S/C17H33N3O2/c1-13(21)11-20-8-6-14(7-9-20)12-19(2)17(22)10-15-4-3-5-16(15)18/h13-16,21H,3-12,18H2,1-2H3/t13?,15-,16+/m0/s1. The third-order valence-electron chi connectivity index (χ3n) is 5.34. The number of β-amino-alcohol motifs (C(OH)–C–C–N with tert-alkyl or cyclic N) is 1. The van der Waals surface area contributed by atoms with Crippen molar-refractivity contribution in [2.75, 3.05) is 33.2 Å². The Bertz CT molecular complexity index is 354. The fraction of sp³-hybridized carbons (Fsp3) is 0.941. The maximum atomic E-state index is 12.4. The molecule has 0 aromatic heterocycles. The van der Waals surface area contributed by atoms with Crippen LogP contribution in [0.25, 0.3) is 0 Å². The summed E-state index contributed by atoms with van der Waals surface area (Å²) in [6.45, 7) is 5.53. The number of hydrogen-bond acceptors (Lipinski definition) is 4. The van der Waals surface area contributed by atoms with Crippen LogP contribution in [0.3, 0.4) is 0 Å². The molecule has 2 rings (SSSR count). The number of likely N-dealkylation sites (tertiary alicyclic amines) is 1. The van der Waals surface area contributed by atoms with Gasteiger partial charge in [0.05, 0.1) is 6.10 Å². The Hall–Kier alpha value is -0.650. The predicted molar refractivity (Wildman–Crippen MR) is 88.4 cm³/mol. The molecule has 0 radical (unpaired) electrons. The molecule has 5 nitrogen and oxygen atoms in total. The number of carbonyl (C=O) groups excluding carboxylic acids is 1. The minimum atomic E-state index is -0.253. The van der Waals surface area contributed by atoms with E-state index in [0.717, 1.165) is 51.9 Å². The molecule has 0 spiro atoms. The summed E-state index contributed by atoms with van der Waals surface area (Å²) in [5.41, 5.74) is 6.07. The zero-order valence-corrected chi connectivity index (χ0v) is 14.2. The van der Waals surface area contributed by atoms with Crippen LogP contribution in [-0.4, -0.2) is 66.2 Å². The smallest absolute Gasteiger partial charge is 0.222 e. The SMILES string of the molecule is CC(O)CN1CCC(CN(C)C(=O)C[C@@H]2CCC[C@H]2N)CC1. The number of amides is 1. The molecule has 1 saturated carbocycles. The summed E-state index contributed by atoms with van der Waals surface area (Å²) in [6.07, 6.45) is 5.96. The second-order valence-corrected chi connectivity index (χ2v) is 7.43. The fourth-order valence-corrected chi connectivity index (χ4v) is 3.91. The van der Waals surface area contributed by atoms with Gasteiger partial charge in [0.1, 0.15) is 0 Å². The van der Waals surface area contributed by atoms with Crippen LogP contribution in [0.15, 0.2) is 0 Å². The van der Waals surface area contributed by atoms with Crippen LogP contribution < -0.4 is 5.73 Å². The number of rotatable bonds is 6. The van der Waals surface area contributed by atoms with E-state index in [9.17, 15) is 9.90 Å². The molecule has 1 unspecified atom stereocenters. The zero-order valence-electron chi connectivity index (χ0n) is 14.2. The summed E-state index contributed by atoms with van der Waals surface area (Å²) in [4.78, 5) is 16.6. The third kappa shape index (κ3) is 5.21. The van der Waals surface area contributed by atoms with E-state index in [1.165, 1.54) is 6.42 Å². The summed E-state index contributed by atoms with van der Waals surface area (Å²) < 4.78 is 0. The van der Waals surface area contributed by atoms with E-state index in [0.29, 0.717) is 18.3 Å². The predicted octanol–water partition coefficient (Wildman–Crippen LogP) is 1.06. The molecular formula is C17H33N3O2. The van der Waals surface area contributed by atoms with Crippen molar-refractivity contribution in [2.24, 2.45) is 17.6 Å². The first kappa shape index (κ1) is 17.7. The summed E-state index contributed by atoms with van der Waals surface area (Å²) in [6, 6.07) is 0.223. The molecular weight excluding hydrogens is 278 g/mol. The number of aliphatic hydroxyl groups excluding tert-OH is 1. The van der Waals surface area contributed by atoms with Gasteiger partial charge >= 0.3 is 0 Å². The monoisotopic (exact) mass is 311 g/mol. The first-order chi connectivity index (χ1) is 10.5. The average molecular weight is 311 g/mol. The Morgan fingerprint density at radius 1 is 1.32 bits per heavy atom. The van der Waals surface area contributed by atoms with Crippen LogP contribution in [0, 0.1) is 11.8 Å². The maximum Gasteiger partial charge on any atom is 0.222 e. The van der Waals surface area contributed by atoms with Gasteiger partial charge < -0.3 is 20.6 Å². The Balaban J connectivity index is 1.68. The summed E-state index contributed by atoms with van der Waals surface area (Å²) in [5, 5.41) is 9.44. The van der Waals surface area contributed by atoms with Crippen molar-refractivity contribution in [2.45, 2.75) is 57.6 Å². The van der Waals surface area contributed by atoms with Gasteiger partial charge in [0, 0.05) is 32.6 Å². The Morgan fingerprint density at radius 3 is 2.55 bits per heavy atom. The minimum Gasteiger partial charge on any atom is -0.392 e. The molecule has 128 valence electrons. The number of piperidine rings is 1. The van der Waals surface area contributed by atoms with Crippen LogP contribution in [0.5, 0.6) is 0 Å². The first-order valence-electron chi connectivity index (χ1n) is 8.85. The van der Waals surface area contributed by atoms with Crippen molar-refractivity contribution in [1.29, 1.82) is 0 Å². The molecule has 0 aromatic carbocycles. The van der Waals surface area contributed by atoms with E-state index in [1.807, 2.05) is 18.9 Å². The highest BCUT2D eigenvalue weighted by Crippen LogP contribution is 2.27. The number of aliphatic hydroxyl groups is 1. The van der Waals surface area contributed by atoms with E-state index >= 15 is 0 Å².